The van der Waals surface area contributed by atoms with Crippen molar-refractivity contribution in [2.24, 2.45) is 11.8 Å². The summed E-state index contributed by atoms with van der Waals surface area (Å²) in [6.07, 6.45) is 8.10. The molecule has 0 aromatic heterocycles. The average Bonchev–Trinajstić information content (AvgIpc) is 3.41. The van der Waals surface area contributed by atoms with Gasteiger partial charge >= 0.3 is 0 Å². The molecule has 36 heavy (non-hydrogen) atoms. The molecule has 3 rings (SSSR count). The number of methoxy groups -OCH3 is 1. The van der Waals surface area contributed by atoms with Crippen molar-refractivity contribution < 1.29 is 28.7 Å². The number of hydrogen-bond acceptors (Lipinski definition) is 6. The Hall–Kier alpha value is -2.94. The van der Waals surface area contributed by atoms with E-state index in [-0.39, 0.29) is 24.8 Å². The maximum atomic E-state index is 13.1. The van der Waals surface area contributed by atoms with Gasteiger partial charge in [-0.2, -0.15) is 0 Å². The van der Waals surface area contributed by atoms with Crippen LogP contribution >= 0.6 is 0 Å². The van der Waals surface area contributed by atoms with Crippen molar-refractivity contribution >= 4 is 24.0 Å². The largest absolute Gasteiger partial charge is 0.497 e. The van der Waals surface area contributed by atoms with Gasteiger partial charge in [0.1, 0.15) is 18.1 Å². The molecule has 3 amide bonds. The highest BCUT2D eigenvalue weighted by molar-refractivity contribution is 5.91. The molecule has 9 nitrogen and oxygen atoms in total. The lowest BCUT2D eigenvalue weighted by molar-refractivity contribution is -0.131. The number of carbonyl (C=O) groups excluding carboxylic acids is 4. The topological polar surface area (TPSA) is 123 Å². The number of ether oxygens (including phenoxy) is 2. The fourth-order valence-electron chi connectivity index (χ4n) is 4.95. The van der Waals surface area contributed by atoms with E-state index in [2.05, 4.69) is 16.0 Å². The molecule has 2 atom stereocenters. The van der Waals surface area contributed by atoms with Gasteiger partial charge in [0.15, 0.2) is 0 Å². The lowest BCUT2D eigenvalue weighted by atomic mass is 9.96. The van der Waals surface area contributed by atoms with Crippen molar-refractivity contribution in [2.45, 2.75) is 69.9 Å². The van der Waals surface area contributed by atoms with Crippen LogP contribution in [0.15, 0.2) is 24.3 Å². The van der Waals surface area contributed by atoms with E-state index in [0.29, 0.717) is 37.7 Å². The van der Waals surface area contributed by atoms with E-state index >= 15 is 0 Å². The van der Waals surface area contributed by atoms with Gasteiger partial charge in [-0.15, -0.1) is 0 Å². The Morgan fingerprint density at radius 2 is 1.69 bits per heavy atom. The summed E-state index contributed by atoms with van der Waals surface area (Å²) in [6, 6.07) is 5.76. The zero-order chi connectivity index (χ0) is 25.8. The van der Waals surface area contributed by atoms with Crippen LogP contribution in [0.2, 0.25) is 0 Å². The predicted octanol–water partition coefficient (Wildman–Crippen LogP) is 1.92. The van der Waals surface area contributed by atoms with Crippen molar-refractivity contribution in [3.63, 3.8) is 0 Å². The Morgan fingerprint density at radius 3 is 2.33 bits per heavy atom. The highest BCUT2D eigenvalue weighted by atomic mass is 16.5. The molecule has 0 spiro atoms. The molecule has 0 bridgehead atoms. The van der Waals surface area contributed by atoms with Gasteiger partial charge in [0.2, 0.25) is 17.7 Å². The van der Waals surface area contributed by atoms with Crippen molar-refractivity contribution in [1.29, 1.82) is 0 Å². The second-order valence-electron chi connectivity index (χ2n) is 9.85. The fraction of sp³-hybridized carbons (Fsp3) is 0.630. The molecule has 2 fully saturated rings. The van der Waals surface area contributed by atoms with Crippen LogP contribution in [0.1, 0.15) is 56.9 Å². The lowest BCUT2D eigenvalue weighted by Crippen LogP contribution is -2.53. The van der Waals surface area contributed by atoms with Crippen molar-refractivity contribution in [1.82, 2.24) is 16.0 Å². The maximum absolute atomic E-state index is 13.1. The molecule has 198 valence electrons. The number of hydrogen-bond donors (Lipinski definition) is 3. The first-order valence-corrected chi connectivity index (χ1v) is 13.0. The zero-order valence-corrected chi connectivity index (χ0v) is 21.1. The molecule has 9 heteroatoms. The summed E-state index contributed by atoms with van der Waals surface area (Å²) in [5.41, 5.74) is 0.832. The SMILES string of the molecule is COc1ccc(CC(NC(=O)CNC(=O)CC2CCOCC2)C(=O)N[C@H](C=O)CC2CCCC2)cc1. The Morgan fingerprint density at radius 1 is 1.00 bits per heavy atom. The second kappa shape index (κ2) is 14.6. The summed E-state index contributed by atoms with van der Waals surface area (Å²) in [4.78, 5) is 49.8. The van der Waals surface area contributed by atoms with Gasteiger partial charge in [0, 0.05) is 26.1 Å². The van der Waals surface area contributed by atoms with Gasteiger partial charge in [-0.25, -0.2) is 0 Å². The molecule has 2 aliphatic rings. The highest BCUT2D eigenvalue weighted by Gasteiger charge is 2.26. The van der Waals surface area contributed by atoms with Crippen molar-refractivity contribution in [3.05, 3.63) is 29.8 Å². The van der Waals surface area contributed by atoms with E-state index in [1.807, 2.05) is 12.1 Å². The van der Waals surface area contributed by atoms with Gasteiger partial charge in [-0.05, 0) is 48.8 Å². The molecule has 1 aliphatic carbocycles. The molecular formula is C27H39N3O6. The van der Waals surface area contributed by atoms with Crippen LogP contribution in [-0.2, 0) is 30.3 Å². The summed E-state index contributed by atoms with van der Waals surface area (Å²) in [7, 11) is 1.58. The molecular weight excluding hydrogens is 462 g/mol. The Balaban J connectivity index is 1.57. The maximum Gasteiger partial charge on any atom is 0.243 e. The summed E-state index contributed by atoms with van der Waals surface area (Å²) in [5.74, 6) is 0.321. The van der Waals surface area contributed by atoms with Gasteiger partial charge in [-0.1, -0.05) is 37.8 Å². The Bertz CT molecular complexity index is 863. The third-order valence-electron chi connectivity index (χ3n) is 7.07. The molecule has 1 heterocycles. The zero-order valence-electron chi connectivity index (χ0n) is 21.1. The van der Waals surface area contributed by atoms with Crippen LogP contribution in [0.4, 0.5) is 0 Å². The van der Waals surface area contributed by atoms with E-state index in [1.165, 1.54) is 0 Å². The molecule has 1 saturated heterocycles. The van der Waals surface area contributed by atoms with Gasteiger partial charge in [-0.3, -0.25) is 14.4 Å². The van der Waals surface area contributed by atoms with E-state index in [0.717, 1.165) is 50.4 Å². The first kappa shape index (κ1) is 27.6. The Kier molecular flexibility index (Phi) is 11.2. The molecule has 1 aliphatic heterocycles. The number of rotatable bonds is 13. The van der Waals surface area contributed by atoms with E-state index < -0.39 is 23.9 Å². The van der Waals surface area contributed by atoms with E-state index in [1.54, 1.807) is 19.2 Å². The summed E-state index contributed by atoms with van der Waals surface area (Å²) >= 11 is 0. The van der Waals surface area contributed by atoms with Crippen LogP contribution in [0.25, 0.3) is 0 Å². The molecule has 0 radical (unpaired) electrons. The van der Waals surface area contributed by atoms with Crippen LogP contribution < -0.4 is 20.7 Å². The smallest absolute Gasteiger partial charge is 0.243 e. The highest BCUT2D eigenvalue weighted by Crippen LogP contribution is 2.28. The van der Waals surface area contributed by atoms with Crippen LogP contribution in [0.5, 0.6) is 5.75 Å². The van der Waals surface area contributed by atoms with E-state index in [4.69, 9.17) is 9.47 Å². The number of carbonyl (C=O) groups is 4. The summed E-state index contributed by atoms with van der Waals surface area (Å²) < 4.78 is 10.5. The van der Waals surface area contributed by atoms with Crippen molar-refractivity contribution in [3.8, 4) is 5.75 Å². The first-order valence-electron chi connectivity index (χ1n) is 13.0. The summed E-state index contributed by atoms with van der Waals surface area (Å²) in [6.45, 7) is 1.10. The Labute approximate surface area is 213 Å². The number of amides is 3. The average molecular weight is 502 g/mol. The van der Waals surface area contributed by atoms with Gasteiger partial charge in [0.05, 0.1) is 19.7 Å². The van der Waals surface area contributed by atoms with Crippen LogP contribution in [0.3, 0.4) is 0 Å². The number of nitrogens with one attached hydrogen (secondary N) is 3. The van der Waals surface area contributed by atoms with Crippen LogP contribution in [-0.4, -0.2) is 63.0 Å². The molecule has 1 unspecified atom stereocenters. The minimum atomic E-state index is -0.885. The van der Waals surface area contributed by atoms with Crippen LogP contribution in [0, 0.1) is 11.8 Å². The quantitative estimate of drug-likeness (QED) is 0.355. The minimum Gasteiger partial charge on any atom is -0.497 e. The third-order valence-corrected chi connectivity index (χ3v) is 7.07. The summed E-state index contributed by atoms with van der Waals surface area (Å²) in [5, 5.41) is 8.22. The van der Waals surface area contributed by atoms with E-state index in [9.17, 15) is 19.2 Å². The molecule has 1 aromatic rings. The predicted molar refractivity (Wildman–Crippen MR) is 134 cm³/mol. The lowest BCUT2D eigenvalue weighted by Gasteiger charge is -2.23. The third kappa shape index (κ3) is 9.26. The molecule has 1 saturated carbocycles. The minimum absolute atomic E-state index is 0.189. The monoisotopic (exact) mass is 501 g/mol. The number of benzene rings is 1. The second-order valence-corrected chi connectivity index (χ2v) is 9.85. The fourth-order valence-corrected chi connectivity index (χ4v) is 4.95. The number of aldehydes is 1. The van der Waals surface area contributed by atoms with Gasteiger partial charge < -0.3 is 30.2 Å². The standard InChI is InChI=1S/C27H39N3O6/c1-35-23-8-6-20(7-9-23)15-24(27(34)29-22(18-31)14-19-4-2-3-5-19)30-26(33)17-28-25(32)16-21-10-12-36-13-11-21/h6-9,18-19,21-22,24H,2-5,10-17H2,1H3,(H,28,32)(H,29,34)(H,30,33)/t22-,24?/m0/s1. The molecule has 3 N–H and O–H groups in total. The van der Waals surface area contributed by atoms with Crippen molar-refractivity contribution in [2.75, 3.05) is 26.9 Å². The normalized spacial score (nSPS) is 18.1. The van der Waals surface area contributed by atoms with Gasteiger partial charge in [0.25, 0.3) is 0 Å². The first-order chi connectivity index (χ1) is 17.5. The molecule has 1 aromatic carbocycles.